The highest BCUT2D eigenvalue weighted by Crippen LogP contribution is 2.17. The van der Waals surface area contributed by atoms with E-state index >= 15 is 0 Å². The first kappa shape index (κ1) is 30.1. The van der Waals surface area contributed by atoms with Gasteiger partial charge in [0.25, 0.3) is 0 Å². The summed E-state index contributed by atoms with van der Waals surface area (Å²) in [6.07, 6.45) is 30.2. The molecule has 0 N–H and O–H groups in total. The summed E-state index contributed by atoms with van der Waals surface area (Å²) in [6.45, 7) is 6.88. The van der Waals surface area contributed by atoms with E-state index in [9.17, 15) is 13.0 Å². The van der Waals surface area contributed by atoms with E-state index in [4.69, 9.17) is 0 Å². The highest BCUT2D eigenvalue weighted by Gasteiger charge is 2.20. The van der Waals surface area contributed by atoms with Crippen LogP contribution in [0.3, 0.4) is 0 Å². The molecule has 0 fully saturated rings. The van der Waals surface area contributed by atoms with Crippen molar-refractivity contribution in [3.8, 4) is 0 Å². The fourth-order valence-corrected chi connectivity index (χ4v) is 4.06. The molecular weight excluding hydrogens is 406 g/mol. The predicted octanol–water partition coefficient (Wildman–Crippen LogP) is 7.80. The fraction of sp³-hybridized carbons (Fsp3) is 0.769. The van der Waals surface area contributed by atoms with E-state index < -0.39 is 10.1 Å². The molecule has 0 aliphatic heterocycles. The van der Waals surface area contributed by atoms with Gasteiger partial charge < -0.3 is 4.55 Å². The van der Waals surface area contributed by atoms with Crippen LogP contribution in [0.5, 0.6) is 0 Å². The predicted molar refractivity (Wildman–Crippen MR) is 133 cm³/mol. The third-order valence-corrected chi connectivity index (χ3v) is 6.23. The molecule has 0 aliphatic rings. The second-order valence-corrected chi connectivity index (χ2v) is 10.2. The molecule has 5 heteroatoms. The average Bonchev–Trinajstić information content (AvgIpc) is 2.73. The monoisotopic (exact) mass is 455 g/mol. The second kappa shape index (κ2) is 19.8. The van der Waals surface area contributed by atoms with Crippen LogP contribution in [-0.4, -0.2) is 29.8 Å². The molecule has 0 saturated carbocycles. The van der Waals surface area contributed by atoms with Gasteiger partial charge in [0.15, 0.2) is 0 Å². The standard InChI is InChI=1S/C26H49NO3S/c1-4-7-10-13-16-19-22-27(25-26-31(28,29)30,23-20-17-14-11-8-5-2)24-21-18-15-12-9-6-3/h19-24H,4-18,25-26H2,1-3H3/b22-19+,23-20+,24-21+. The Balaban J connectivity index is 5.29. The minimum Gasteiger partial charge on any atom is -0.748 e. The minimum atomic E-state index is -4.25. The molecule has 0 atom stereocenters. The van der Waals surface area contributed by atoms with Gasteiger partial charge in [-0.25, -0.2) is 12.9 Å². The lowest BCUT2D eigenvalue weighted by Gasteiger charge is -2.27. The summed E-state index contributed by atoms with van der Waals surface area (Å²) in [4.78, 5) is 0. The summed E-state index contributed by atoms with van der Waals surface area (Å²) >= 11 is 0. The van der Waals surface area contributed by atoms with Crippen LogP contribution in [0.2, 0.25) is 0 Å². The summed E-state index contributed by atoms with van der Waals surface area (Å²) in [7, 11) is -4.25. The lowest BCUT2D eigenvalue weighted by atomic mass is 10.1. The Kier molecular flexibility index (Phi) is 19.2. The van der Waals surface area contributed by atoms with Gasteiger partial charge in [-0.3, -0.25) is 0 Å². The molecule has 0 unspecified atom stereocenters. The number of allylic oxidation sites excluding steroid dienone is 3. The van der Waals surface area contributed by atoms with Crippen molar-refractivity contribution in [1.82, 2.24) is 0 Å². The van der Waals surface area contributed by atoms with Crippen LogP contribution >= 0.6 is 0 Å². The smallest absolute Gasteiger partial charge is 0.104 e. The van der Waals surface area contributed by atoms with E-state index in [2.05, 4.69) is 57.6 Å². The number of nitrogens with zero attached hydrogens (tertiary/aromatic N) is 1. The maximum Gasteiger partial charge on any atom is 0.104 e. The lowest BCUT2D eigenvalue weighted by Crippen LogP contribution is -2.35. The van der Waals surface area contributed by atoms with E-state index in [-0.39, 0.29) is 12.3 Å². The minimum absolute atomic E-state index is 0.258. The third kappa shape index (κ3) is 19.5. The molecule has 182 valence electrons. The quantitative estimate of drug-likeness (QED) is 0.101. The molecule has 0 aliphatic carbocycles. The Labute approximate surface area is 193 Å². The molecule has 0 rings (SSSR count). The van der Waals surface area contributed by atoms with E-state index in [0.29, 0.717) is 4.48 Å². The SMILES string of the molecule is CCCCCC/C=C/[N+](/C=C/CCCCCC)(/C=C/CCCCCC)CCS(=O)(=O)[O-]. The molecule has 4 nitrogen and oxygen atoms in total. The van der Waals surface area contributed by atoms with Crippen LogP contribution in [0.4, 0.5) is 0 Å². The first-order valence-corrected chi connectivity index (χ1v) is 14.3. The molecule has 0 spiro atoms. The van der Waals surface area contributed by atoms with E-state index in [1.54, 1.807) is 0 Å². The van der Waals surface area contributed by atoms with Crippen molar-refractivity contribution in [3.05, 3.63) is 36.8 Å². The van der Waals surface area contributed by atoms with E-state index in [1.807, 2.05) is 0 Å². The van der Waals surface area contributed by atoms with E-state index in [0.717, 1.165) is 38.5 Å². The average molecular weight is 456 g/mol. The van der Waals surface area contributed by atoms with Gasteiger partial charge in [0.1, 0.15) is 35.3 Å². The second-order valence-electron chi connectivity index (χ2n) is 8.68. The number of quaternary nitrogens is 1. The number of unbranched alkanes of at least 4 members (excludes halogenated alkanes) is 12. The third-order valence-electron chi connectivity index (χ3n) is 5.55. The summed E-state index contributed by atoms with van der Waals surface area (Å²) in [6, 6.07) is 0. The molecule has 0 aromatic carbocycles. The van der Waals surface area contributed by atoms with Crippen molar-refractivity contribution in [1.29, 1.82) is 0 Å². The van der Waals surface area contributed by atoms with Crippen LogP contribution in [0.15, 0.2) is 36.8 Å². The van der Waals surface area contributed by atoms with Gasteiger partial charge >= 0.3 is 0 Å². The van der Waals surface area contributed by atoms with Crippen LogP contribution in [0.25, 0.3) is 0 Å². The summed E-state index contributed by atoms with van der Waals surface area (Å²) in [5.74, 6) is -0.354. The van der Waals surface area contributed by atoms with Crippen LogP contribution < -0.4 is 0 Å². The van der Waals surface area contributed by atoms with Gasteiger partial charge in [0.2, 0.25) is 0 Å². The molecule has 0 aromatic rings. The zero-order valence-electron chi connectivity index (χ0n) is 20.6. The Morgan fingerprint density at radius 1 is 0.613 bits per heavy atom. The molecular formula is C26H49NO3S. The van der Waals surface area contributed by atoms with Crippen molar-refractivity contribution >= 4 is 10.1 Å². The summed E-state index contributed by atoms with van der Waals surface area (Å²) < 4.78 is 34.5. The Hall–Kier alpha value is -0.910. The van der Waals surface area contributed by atoms with E-state index in [1.165, 1.54) is 57.8 Å². The highest BCUT2D eigenvalue weighted by molar-refractivity contribution is 7.85. The molecule has 0 amide bonds. The molecule has 0 aromatic heterocycles. The topological polar surface area (TPSA) is 57.2 Å². The maximum atomic E-state index is 11.4. The number of hydrogen-bond acceptors (Lipinski definition) is 3. The van der Waals surface area contributed by atoms with Crippen LogP contribution in [0, 0.1) is 0 Å². The highest BCUT2D eigenvalue weighted by atomic mass is 32.2. The zero-order chi connectivity index (χ0) is 23.3. The molecule has 31 heavy (non-hydrogen) atoms. The largest absolute Gasteiger partial charge is 0.748 e. The van der Waals surface area contributed by atoms with Crippen molar-refractivity contribution in [2.75, 3.05) is 12.3 Å². The fourth-order valence-electron chi connectivity index (χ4n) is 3.52. The first-order valence-electron chi connectivity index (χ1n) is 12.7. The van der Waals surface area contributed by atoms with Crippen molar-refractivity contribution in [3.63, 3.8) is 0 Å². The summed E-state index contributed by atoms with van der Waals surface area (Å²) in [5, 5.41) is 0. The lowest BCUT2D eigenvalue weighted by molar-refractivity contribution is -0.770. The van der Waals surface area contributed by atoms with Gasteiger partial charge in [-0.05, 0) is 56.8 Å². The zero-order valence-corrected chi connectivity index (χ0v) is 21.4. The molecule has 0 radical (unpaired) electrons. The molecule has 0 bridgehead atoms. The van der Waals surface area contributed by atoms with Gasteiger partial charge in [-0.1, -0.05) is 78.6 Å². The summed E-state index contributed by atoms with van der Waals surface area (Å²) in [5.41, 5.74) is 0. The van der Waals surface area contributed by atoms with Gasteiger partial charge in [-0.15, -0.1) is 0 Å². The molecule has 0 saturated heterocycles. The first-order chi connectivity index (χ1) is 14.9. The van der Waals surface area contributed by atoms with Crippen molar-refractivity contribution < 1.29 is 17.5 Å². The van der Waals surface area contributed by atoms with Gasteiger partial charge in [0.05, 0.1) is 5.75 Å². The van der Waals surface area contributed by atoms with Gasteiger partial charge in [-0.2, -0.15) is 0 Å². The Morgan fingerprint density at radius 3 is 1.26 bits per heavy atom. The normalized spacial score (nSPS) is 13.3. The van der Waals surface area contributed by atoms with Crippen LogP contribution in [-0.2, 0) is 10.1 Å². The Morgan fingerprint density at radius 2 is 0.968 bits per heavy atom. The number of hydrogen-bond donors (Lipinski definition) is 0. The van der Waals surface area contributed by atoms with Crippen molar-refractivity contribution in [2.24, 2.45) is 0 Å². The number of rotatable bonds is 21. The maximum absolute atomic E-state index is 11.4. The van der Waals surface area contributed by atoms with Crippen molar-refractivity contribution in [2.45, 2.75) is 117 Å². The van der Waals surface area contributed by atoms with Crippen LogP contribution in [0.1, 0.15) is 117 Å². The van der Waals surface area contributed by atoms with Gasteiger partial charge in [0, 0.05) is 0 Å². The Bertz CT molecular complexity index is 539. The molecule has 0 heterocycles.